The van der Waals surface area contributed by atoms with Gasteiger partial charge in [0.2, 0.25) is 0 Å². The molecule has 0 radical (unpaired) electrons. The highest BCUT2D eigenvalue weighted by Crippen LogP contribution is 2.32. The second-order valence-electron chi connectivity index (χ2n) is 5.11. The summed E-state index contributed by atoms with van der Waals surface area (Å²) >= 11 is 0. The van der Waals surface area contributed by atoms with E-state index >= 15 is 0 Å². The maximum atomic E-state index is 12.5. The van der Waals surface area contributed by atoms with Crippen molar-refractivity contribution in [3.8, 4) is 0 Å². The first-order chi connectivity index (χ1) is 10.1. The van der Waals surface area contributed by atoms with Gasteiger partial charge in [-0.25, -0.2) is 4.79 Å². The number of hydrogen-bond acceptors (Lipinski definition) is 3. The molecule has 6 heteroatoms. The fourth-order valence-electron chi connectivity index (χ4n) is 2.20. The third-order valence-corrected chi connectivity index (χ3v) is 3.40. The standard InChI is InChI=1S/C15H16N4O2/c1-10(20)11-3-2-4-13(9-11)19(12-5-6-12)15(21)17-14-7-8-16-18-14/h2-4,7-9,12H,5-6H2,1H3,(H2,16,17,18,21). The van der Waals surface area contributed by atoms with Gasteiger partial charge in [-0.3, -0.25) is 20.1 Å². The van der Waals surface area contributed by atoms with Gasteiger partial charge in [-0.2, -0.15) is 5.10 Å². The van der Waals surface area contributed by atoms with Crippen molar-refractivity contribution in [2.45, 2.75) is 25.8 Å². The number of rotatable bonds is 4. The molecule has 21 heavy (non-hydrogen) atoms. The smallest absolute Gasteiger partial charge is 0.295 e. The summed E-state index contributed by atoms with van der Waals surface area (Å²) in [5.41, 5.74) is 1.34. The zero-order chi connectivity index (χ0) is 14.8. The number of urea groups is 1. The van der Waals surface area contributed by atoms with E-state index in [2.05, 4.69) is 15.5 Å². The van der Waals surface area contributed by atoms with E-state index in [9.17, 15) is 9.59 Å². The van der Waals surface area contributed by atoms with Crippen LogP contribution in [0.4, 0.5) is 16.3 Å². The van der Waals surface area contributed by atoms with Gasteiger partial charge in [-0.05, 0) is 31.9 Å². The van der Waals surface area contributed by atoms with E-state index in [0.717, 1.165) is 18.5 Å². The maximum Gasteiger partial charge on any atom is 0.327 e. The van der Waals surface area contributed by atoms with E-state index in [1.54, 1.807) is 35.4 Å². The molecule has 2 N–H and O–H groups in total. The van der Waals surface area contributed by atoms with E-state index in [1.165, 1.54) is 6.92 Å². The highest BCUT2D eigenvalue weighted by Gasteiger charge is 2.34. The van der Waals surface area contributed by atoms with E-state index in [1.807, 2.05) is 6.07 Å². The summed E-state index contributed by atoms with van der Waals surface area (Å²) in [7, 11) is 0. The number of aromatic nitrogens is 2. The lowest BCUT2D eigenvalue weighted by atomic mass is 10.1. The van der Waals surface area contributed by atoms with Crippen LogP contribution in [-0.4, -0.2) is 28.1 Å². The molecule has 0 atom stereocenters. The SMILES string of the molecule is CC(=O)c1cccc(N(C(=O)Nc2ccn[nH]2)C2CC2)c1. The molecule has 108 valence electrons. The molecule has 0 saturated heterocycles. The zero-order valence-electron chi connectivity index (χ0n) is 11.7. The Labute approximate surface area is 122 Å². The van der Waals surface area contributed by atoms with Crippen LogP contribution in [0.5, 0.6) is 0 Å². The van der Waals surface area contributed by atoms with E-state index < -0.39 is 0 Å². The Morgan fingerprint density at radius 3 is 2.76 bits per heavy atom. The molecule has 0 aliphatic heterocycles. The second-order valence-corrected chi connectivity index (χ2v) is 5.11. The van der Waals surface area contributed by atoms with Crippen LogP contribution >= 0.6 is 0 Å². The fraction of sp³-hybridized carbons (Fsp3) is 0.267. The number of carbonyl (C=O) groups is 2. The zero-order valence-corrected chi connectivity index (χ0v) is 11.7. The fourth-order valence-corrected chi connectivity index (χ4v) is 2.20. The number of hydrogen-bond donors (Lipinski definition) is 2. The average molecular weight is 284 g/mol. The molecule has 0 bridgehead atoms. The minimum absolute atomic E-state index is 0.0124. The van der Waals surface area contributed by atoms with Crippen molar-refractivity contribution in [3.63, 3.8) is 0 Å². The predicted molar refractivity (Wildman–Crippen MR) is 79.6 cm³/mol. The van der Waals surface area contributed by atoms with Gasteiger partial charge in [0.05, 0.1) is 6.20 Å². The molecule has 0 spiro atoms. The predicted octanol–water partition coefficient (Wildman–Crippen LogP) is 2.81. The van der Waals surface area contributed by atoms with Crippen molar-refractivity contribution in [1.29, 1.82) is 0 Å². The Morgan fingerprint density at radius 1 is 1.33 bits per heavy atom. The number of H-pyrrole nitrogens is 1. The minimum atomic E-state index is -0.220. The van der Waals surface area contributed by atoms with Gasteiger partial charge in [0.15, 0.2) is 5.78 Å². The topological polar surface area (TPSA) is 78.1 Å². The van der Waals surface area contributed by atoms with Gasteiger partial charge in [-0.1, -0.05) is 12.1 Å². The van der Waals surface area contributed by atoms with E-state index in [-0.39, 0.29) is 17.9 Å². The van der Waals surface area contributed by atoms with Crippen LogP contribution in [0, 0.1) is 0 Å². The molecule has 6 nitrogen and oxygen atoms in total. The summed E-state index contributed by atoms with van der Waals surface area (Å²) in [5, 5.41) is 9.28. The minimum Gasteiger partial charge on any atom is -0.295 e. The second kappa shape index (κ2) is 5.40. The number of carbonyl (C=O) groups excluding carboxylic acids is 2. The number of ketones is 1. The lowest BCUT2D eigenvalue weighted by molar-refractivity contribution is 0.101. The van der Waals surface area contributed by atoms with Gasteiger partial charge in [0.25, 0.3) is 0 Å². The van der Waals surface area contributed by atoms with Crippen LogP contribution in [0.25, 0.3) is 0 Å². The summed E-state index contributed by atoms with van der Waals surface area (Å²) in [5.74, 6) is 0.537. The molecule has 1 saturated carbocycles. The van der Waals surface area contributed by atoms with Crippen molar-refractivity contribution in [3.05, 3.63) is 42.1 Å². The number of anilines is 2. The van der Waals surface area contributed by atoms with Crippen LogP contribution in [0.3, 0.4) is 0 Å². The van der Waals surface area contributed by atoms with Crippen molar-refractivity contribution in [1.82, 2.24) is 10.2 Å². The summed E-state index contributed by atoms with van der Waals surface area (Å²) in [4.78, 5) is 25.7. The van der Waals surface area contributed by atoms with E-state index in [0.29, 0.717) is 11.4 Å². The molecule has 2 amide bonds. The van der Waals surface area contributed by atoms with E-state index in [4.69, 9.17) is 0 Å². The lowest BCUT2D eigenvalue weighted by Crippen LogP contribution is -2.37. The first kappa shape index (κ1) is 13.4. The molecule has 1 aliphatic carbocycles. The number of amides is 2. The average Bonchev–Trinajstić information content (AvgIpc) is 3.16. The first-order valence-corrected chi connectivity index (χ1v) is 6.86. The van der Waals surface area contributed by atoms with Crippen molar-refractivity contribution >= 4 is 23.3 Å². The molecule has 3 rings (SSSR count). The monoisotopic (exact) mass is 284 g/mol. The van der Waals surface area contributed by atoms with Crippen LogP contribution in [0.15, 0.2) is 36.5 Å². The number of aromatic amines is 1. The molecular formula is C15H16N4O2. The van der Waals surface area contributed by atoms with Crippen molar-refractivity contribution < 1.29 is 9.59 Å². The molecule has 0 unspecified atom stereocenters. The summed E-state index contributed by atoms with van der Waals surface area (Å²) < 4.78 is 0. The Bertz CT molecular complexity index is 662. The molecular weight excluding hydrogens is 268 g/mol. The molecule has 1 aromatic carbocycles. The van der Waals surface area contributed by atoms with Crippen LogP contribution < -0.4 is 10.2 Å². The molecule has 2 aromatic rings. The third kappa shape index (κ3) is 2.94. The number of Topliss-reactive ketones (excluding diaryl/α,β-unsaturated/α-hetero) is 1. The van der Waals surface area contributed by atoms with Crippen LogP contribution in [0.2, 0.25) is 0 Å². The van der Waals surface area contributed by atoms with Crippen LogP contribution in [0.1, 0.15) is 30.1 Å². The Balaban J connectivity index is 1.86. The van der Waals surface area contributed by atoms with Crippen molar-refractivity contribution in [2.24, 2.45) is 0 Å². The quantitative estimate of drug-likeness (QED) is 0.847. The van der Waals surface area contributed by atoms with Gasteiger partial charge < -0.3 is 0 Å². The Morgan fingerprint density at radius 2 is 2.14 bits per heavy atom. The first-order valence-electron chi connectivity index (χ1n) is 6.86. The Kier molecular flexibility index (Phi) is 3.43. The van der Waals surface area contributed by atoms with Gasteiger partial charge in [-0.15, -0.1) is 0 Å². The number of nitrogens with zero attached hydrogens (tertiary/aromatic N) is 2. The Hall–Kier alpha value is -2.63. The summed E-state index contributed by atoms with van der Waals surface area (Å²) in [6.07, 6.45) is 3.52. The molecule has 1 fully saturated rings. The maximum absolute atomic E-state index is 12.5. The van der Waals surface area contributed by atoms with Gasteiger partial charge in [0.1, 0.15) is 5.82 Å². The summed E-state index contributed by atoms with van der Waals surface area (Å²) in [6, 6.07) is 8.81. The molecule has 1 aromatic heterocycles. The normalized spacial score (nSPS) is 13.8. The third-order valence-electron chi connectivity index (χ3n) is 3.40. The number of nitrogens with one attached hydrogen (secondary N) is 2. The lowest BCUT2D eigenvalue weighted by Gasteiger charge is -2.23. The largest absolute Gasteiger partial charge is 0.327 e. The summed E-state index contributed by atoms with van der Waals surface area (Å²) in [6.45, 7) is 1.52. The van der Waals surface area contributed by atoms with Gasteiger partial charge >= 0.3 is 6.03 Å². The molecule has 1 aliphatic rings. The highest BCUT2D eigenvalue weighted by atomic mass is 16.2. The van der Waals surface area contributed by atoms with Crippen molar-refractivity contribution in [2.75, 3.05) is 10.2 Å². The highest BCUT2D eigenvalue weighted by molar-refractivity contribution is 6.03. The van der Waals surface area contributed by atoms with Crippen LogP contribution in [-0.2, 0) is 0 Å². The molecule has 1 heterocycles. The number of benzene rings is 1. The van der Waals surface area contributed by atoms with Gasteiger partial charge in [0, 0.05) is 23.4 Å².